The summed E-state index contributed by atoms with van der Waals surface area (Å²) in [6, 6.07) is 4.08. The number of hydrogen-bond donors (Lipinski definition) is 0. The van der Waals surface area contributed by atoms with Crippen LogP contribution in [0.5, 0.6) is 0 Å². The molecule has 0 saturated heterocycles. The molecule has 3 nitrogen and oxygen atoms in total. The Morgan fingerprint density at radius 1 is 0.955 bits per heavy atom. The Hall–Kier alpha value is -1.29. The summed E-state index contributed by atoms with van der Waals surface area (Å²) in [5, 5.41) is 0. The van der Waals surface area contributed by atoms with Crippen molar-refractivity contribution in [3.8, 4) is 0 Å². The molecule has 1 aromatic carbocycles. The lowest BCUT2D eigenvalue weighted by Gasteiger charge is -2.36. The van der Waals surface area contributed by atoms with Crippen molar-refractivity contribution in [1.82, 2.24) is 0 Å². The summed E-state index contributed by atoms with van der Waals surface area (Å²) >= 11 is 0. The first-order valence-corrected chi connectivity index (χ1v) is 7.57. The largest absolute Gasteiger partial charge is 0.432 e. The van der Waals surface area contributed by atoms with E-state index in [9.17, 15) is 34.8 Å². The zero-order valence-corrected chi connectivity index (χ0v) is 12.0. The summed E-state index contributed by atoms with van der Waals surface area (Å²) < 4.78 is 106. The summed E-state index contributed by atoms with van der Waals surface area (Å²) in [7, 11) is -5.04. The van der Waals surface area contributed by atoms with Gasteiger partial charge in [-0.2, -0.15) is 34.8 Å². The molecule has 0 fully saturated rings. The van der Waals surface area contributed by atoms with Crippen LogP contribution in [-0.2, 0) is 19.9 Å². The molecule has 1 rings (SSSR count). The molecule has 0 aliphatic rings. The zero-order valence-electron chi connectivity index (χ0n) is 11.2. The molecule has 0 aromatic heterocycles. The van der Waals surface area contributed by atoms with Crippen LogP contribution in [0.3, 0.4) is 0 Å². The average molecular weight is 350 g/mol. The van der Waals surface area contributed by atoms with Gasteiger partial charge in [-0.1, -0.05) is 37.3 Å². The molecule has 0 spiro atoms. The molecule has 126 valence electrons. The third kappa shape index (κ3) is 3.54. The molecular weight excluding hydrogens is 338 g/mol. The summed E-state index contributed by atoms with van der Waals surface area (Å²) in [4.78, 5) is 0. The number of rotatable bonds is 5. The smallest absolute Gasteiger partial charge is 0.239 e. The highest BCUT2D eigenvalue weighted by atomic mass is 32.2. The fourth-order valence-electron chi connectivity index (χ4n) is 1.79. The SMILES string of the molecule is CCCS(=O)(=O)OC(c1ccccc1)(C(F)(F)F)C(F)(F)F. The van der Waals surface area contributed by atoms with Gasteiger partial charge in [0.15, 0.2) is 0 Å². The Labute approximate surface area is 123 Å². The molecule has 0 amide bonds. The highest BCUT2D eigenvalue weighted by Gasteiger charge is 2.75. The second-order valence-electron chi connectivity index (χ2n) is 4.39. The molecule has 0 saturated carbocycles. The molecule has 0 heterocycles. The van der Waals surface area contributed by atoms with Crippen LogP contribution in [-0.4, -0.2) is 26.5 Å². The molecule has 0 aliphatic heterocycles. The first-order valence-electron chi connectivity index (χ1n) is 5.99. The molecule has 0 bridgehead atoms. The Morgan fingerprint density at radius 2 is 1.41 bits per heavy atom. The monoisotopic (exact) mass is 350 g/mol. The molecule has 1 aromatic rings. The lowest BCUT2D eigenvalue weighted by Crippen LogP contribution is -2.57. The summed E-state index contributed by atoms with van der Waals surface area (Å²) in [6.45, 7) is 1.28. The number of benzene rings is 1. The first kappa shape index (κ1) is 18.8. The van der Waals surface area contributed by atoms with Crippen molar-refractivity contribution in [3.05, 3.63) is 35.9 Å². The topological polar surface area (TPSA) is 43.4 Å². The van der Waals surface area contributed by atoms with E-state index in [2.05, 4.69) is 4.18 Å². The third-order valence-electron chi connectivity index (χ3n) is 2.68. The van der Waals surface area contributed by atoms with E-state index in [4.69, 9.17) is 0 Å². The molecule has 0 aliphatic carbocycles. The van der Waals surface area contributed by atoms with Crippen molar-refractivity contribution < 1.29 is 38.9 Å². The van der Waals surface area contributed by atoms with Gasteiger partial charge < -0.3 is 0 Å². The highest BCUT2D eigenvalue weighted by molar-refractivity contribution is 7.86. The van der Waals surface area contributed by atoms with E-state index in [0.29, 0.717) is 12.1 Å². The molecular formula is C12H12F6O3S. The molecule has 0 N–H and O–H groups in total. The van der Waals surface area contributed by atoms with Crippen LogP contribution in [0.25, 0.3) is 0 Å². The predicted molar refractivity (Wildman–Crippen MR) is 65.4 cm³/mol. The van der Waals surface area contributed by atoms with Crippen LogP contribution >= 0.6 is 0 Å². The van der Waals surface area contributed by atoms with Crippen molar-refractivity contribution >= 4 is 10.1 Å². The van der Waals surface area contributed by atoms with E-state index in [1.165, 1.54) is 13.0 Å². The van der Waals surface area contributed by atoms with Crippen LogP contribution in [0.2, 0.25) is 0 Å². The van der Waals surface area contributed by atoms with Crippen LogP contribution in [0.15, 0.2) is 30.3 Å². The Morgan fingerprint density at radius 3 is 1.77 bits per heavy atom. The molecule has 0 unspecified atom stereocenters. The minimum Gasteiger partial charge on any atom is -0.239 e. The van der Waals surface area contributed by atoms with Gasteiger partial charge in [0.25, 0.3) is 10.1 Å². The van der Waals surface area contributed by atoms with Gasteiger partial charge in [0.2, 0.25) is 0 Å². The molecule has 0 radical (unpaired) electrons. The fraction of sp³-hybridized carbons (Fsp3) is 0.500. The van der Waals surface area contributed by atoms with E-state index >= 15 is 0 Å². The molecule has 10 heteroatoms. The fourth-order valence-corrected chi connectivity index (χ4v) is 3.04. The minimum atomic E-state index is -6.02. The third-order valence-corrected chi connectivity index (χ3v) is 4.10. The van der Waals surface area contributed by atoms with Gasteiger partial charge in [-0.25, -0.2) is 4.18 Å². The van der Waals surface area contributed by atoms with Gasteiger partial charge in [0, 0.05) is 5.56 Å². The maximum atomic E-state index is 13.2. The summed E-state index contributed by atoms with van der Waals surface area (Å²) in [5.74, 6) is -0.965. The predicted octanol–water partition coefficient (Wildman–Crippen LogP) is 3.76. The number of halogens is 6. The van der Waals surface area contributed by atoms with Gasteiger partial charge >= 0.3 is 18.0 Å². The van der Waals surface area contributed by atoms with E-state index in [1.807, 2.05) is 0 Å². The average Bonchev–Trinajstić information content (AvgIpc) is 2.34. The first-order chi connectivity index (χ1) is 9.87. The highest BCUT2D eigenvalue weighted by Crippen LogP contribution is 2.53. The normalized spacial score (nSPS) is 14.1. The second kappa shape index (κ2) is 6.07. The van der Waals surface area contributed by atoms with Gasteiger partial charge in [0.05, 0.1) is 5.75 Å². The van der Waals surface area contributed by atoms with Crippen molar-refractivity contribution in [2.45, 2.75) is 31.3 Å². The standard InChI is InChI=1S/C12H12F6O3S/c1-2-8-22(19,20)21-10(11(13,14)15,12(16,17)18)9-6-4-3-5-7-9/h3-7H,2,8H2,1H3. The van der Waals surface area contributed by atoms with Crippen molar-refractivity contribution in [1.29, 1.82) is 0 Å². The summed E-state index contributed by atoms with van der Waals surface area (Å²) in [5.41, 5.74) is -6.29. The molecule has 22 heavy (non-hydrogen) atoms. The van der Waals surface area contributed by atoms with E-state index in [1.54, 1.807) is 0 Å². The lowest BCUT2D eigenvalue weighted by atomic mass is 9.92. The van der Waals surface area contributed by atoms with Crippen LogP contribution in [0, 0.1) is 0 Å². The van der Waals surface area contributed by atoms with Crippen LogP contribution in [0.4, 0.5) is 26.3 Å². The maximum Gasteiger partial charge on any atom is 0.432 e. The van der Waals surface area contributed by atoms with E-state index in [-0.39, 0.29) is 6.42 Å². The maximum absolute atomic E-state index is 13.2. The molecule has 0 atom stereocenters. The number of alkyl halides is 6. The van der Waals surface area contributed by atoms with E-state index in [0.717, 1.165) is 12.1 Å². The zero-order chi connectivity index (χ0) is 17.2. The quantitative estimate of drug-likeness (QED) is 0.600. The minimum absolute atomic E-state index is 0.192. The van der Waals surface area contributed by atoms with E-state index < -0.39 is 39.4 Å². The van der Waals surface area contributed by atoms with Gasteiger partial charge in [-0.05, 0) is 6.42 Å². The van der Waals surface area contributed by atoms with Gasteiger partial charge in [-0.15, -0.1) is 0 Å². The van der Waals surface area contributed by atoms with Crippen LogP contribution in [0.1, 0.15) is 18.9 Å². The lowest BCUT2D eigenvalue weighted by molar-refractivity contribution is -0.364. The summed E-state index contributed by atoms with van der Waals surface area (Å²) in [6.07, 6.45) is -12.2. The van der Waals surface area contributed by atoms with Crippen molar-refractivity contribution in [2.24, 2.45) is 0 Å². The van der Waals surface area contributed by atoms with Gasteiger partial charge in [-0.3, -0.25) is 0 Å². The Bertz CT molecular complexity index is 578. The second-order valence-corrected chi connectivity index (χ2v) is 6.08. The Balaban J connectivity index is 3.63. The van der Waals surface area contributed by atoms with Crippen molar-refractivity contribution in [2.75, 3.05) is 5.75 Å². The van der Waals surface area contributed by atoms with Crippen LogP contribution < -0.4 is 0 Å². The number of hydrogen-bond acceptors (Lipinski definition) is 3. The Kier molecular flexibility index (Phi) is 5.18. The van der Waals surface area contributed by atoms with Gasteiger partial charge in [0.1, 0.15) is 0 Å². The van der Waals surface area contributed by atoms with Crippen molar-refractivity contribution in [3.63, 3.8) is 0 Å².